The number of para-hydroxylation sites is 1. The Bertz CT molecular complexity index is 721. The van der Waals surface area contributed by atoms with Crippen LogP contribution in [0.4, 0.5) is 0 Å². The topological polar surface area (TPSA) is 84.9 Å². The van der Waals surface area contributed by atoms with Gasteiger partial charge in [-0.05, 0) is 30.0 Å². The third-order valence-corrected chi connectivity index (χ3v) is 5.20. The number of benzene rings is 1. The minimum absolute atomic E-state index is 0.180. The molecule has 2 aliphatic heterocycles. The summed E-state index contributed by atoms with van der Waals surface area (Å²) < 4.78 is 10.1. The van der Waals surface area contributed by atoms with Crippen molar-refractivity contribution >= 4 is 29.5 Å². The van der Waals surface area contributed by atoms with E-state index in [4.69, 9.17) is 9.47 Å². The van der Waals surface area contributed by atoms with Crippen molar-refractivity contribution in [3.63, 3.8) is 0 Å². The number of carbonyl (C=O) groups excluding carboxylic acids is 3. The summed E-state index contributed by atoms with van der Waals surface area (Å²) in [5, 5.41) is 2.36. The predicted octanol–water partition coefficient (Wildman–Crippen LogP) is 0.911. The average Bonchev–Trinajstić information content (AvgIpc) is 2.63. The standard InChI is InChI=1S/C17H18N2O5S/c1-10-8-12(17(22)23-2)19-15(21)14(16(19)25-10)18-13(20)9-24-11-6-4-3-5-7-11/h3-8,12,14,16H,9H2,1-2H3,(H,18,20)/t12-,14-,16-/m1/s1. The zero-order valence-corrected chi connectivity index (χ0v) is 14.6. The number of carbonyl (C=O) groups is 3. The molecule has 0 aromatic heterocycles. The second kappa shape index (κ2) is 7.18. The Labute approximate surface area is 149 Å². The normalized spacial score (nSPS) is 24.6. The monoisotopic (exact) mass is 362 g/mol. The van der Waals surface area contributed by atoms with Crippen LogP contribution in [-0.4, -0.2) is 53.9 Å². The zero-order valence-electron chi connectivity index (χ0n) is 13.8. The Morgan fingerprint density at radius 1 is 1.28 bits per heavy atom. The molecule has 0 spiro atoms. The van der Waals surface area contributed by atoms with Crippen molar-refractivity contribution in [2.75, 3.05) is 13.7 Å². The van der Waals surface area contributed by atoms with Crippen LogP contribution in [0.15, 0.2) is 41.3 Å². The molecule has 2 amide bonds. The summed E-state index contributed by atoms with van der Waals surface area (Å²) in [7, 11) is 1.28. The van der Waals surface area contributed by atoms with Crippen LogP contribution in [-0.2, 0) is 19.1 Å². The van der Waals surface area contributed by atoms with Gasteiger partial charge < -0.3 is 19.7 Å². The first-order chi connectivity index (χ1) is 12.0. The molecular formula is C17H18N2O5S. The quantitative estimate of drug-likeness (QED) is 0.619. The fourth-order valence-electron chi connectivity index (χ4n) is 2.76. The highest BCUT2D eigenvalue weighted by Gasteiger charge is 2.54. The molecule has 7 nitrogen and oxygen atoms in total. The minimum atomic E-state index is -0.738. The SMILES string of the molecule is COC(=O)[C@H]1C=C(C)S[C@@H]2[C@H](NC(=O)COc3ccccc3)C(=O)N12. The van der Waals surface area contributed by atoms with Crippen molar-refractivity contribution in [3.8, 4) is 5.75 Å². The zero-order chi connectivity index (χ0) is 18.0. The number of amides is 2. The molecule has 25 heavy (non-hydrogen) atoms. The second-order valence-electron chi connectivity index (χ2n) is 5.65. The van der Waals surface area contributed by atoms with Crippen molar-refractivity contribution in [2.24, 2.45) is 0 Å². The van der Waals surface area contributed by atoms with Gasteiger partial charge in [-0.2, -0.15) is 0 Å². The van der Waals surface area contributed by atoms with Gasteiger partial charge in [-0.25, -0.2) is 4.79 Å². The van der Waals surface area contributed by atoms with E-state index >= 15 is 0 Å². The number of thioether (sulfide) groups is 1. The third kappa shape index (κ3) is 3.48. The van der Waals surface area contributed by atoms with E-state index in [9.17, 15) is 14.4 Å². The van der Waals surface area contributed by atoms with Gasteiger partial charge in [0, 0.05) is 0 Å². The van der Waals surface area contributed by atoms with E-state index < -0.39 is 18.1 Å². The summed E-state index contributed by atoms with van der Waals surface area (Å²) in [5.74, 6) is -0.597. The van der Waals surface area contributed by atoms with Crippen LogP contribution in [0.3, 0.4) is 0 Å². The molecule has 1 aromatic carbocycles. The fraction of sp³-hybridized carbons (Fsp3) is 0.353. The highest BCUT2D eigenvalue weighted by Crippen LogP contribution is 2.41. The van der Waals surface area contributed by atoms with E-state index in [-0.39, 0.29) is 23.8 Å². The molecule has 1 fully saturated rings. The number of hydrogen-bond acceptors (Lipinski definition) is 6. The molecule has 2 aliphatic rings. The van der Waals surface area contributed by atoms with Crippen molar-refractivity contribution in [1.29, 1.82) is 0 Å². The highest BCUT2D eigenvalue weighted by atomic mass is 32.2. The van der Waals surface area contributed by atoms with Crippen molar-refractivity contribution in [1.82, 2.24) is 10.2 Å². The van der Waals surface area contributed by atoms with Gasteiger partial charge in [-0.1, -0.05) is 18.2 Å². The van der Waals surface area contributed by atoms with Gasteiger partial charge in [-0.15, -0.1) is 11.8 Å². The number of allylic oxidation sites excluding steroid dienone is 1. The van der Waals surface area contributed by atoms with Gasteiger partial charge in [0.15, 0.2) is 12.6 Å². The molecular weight excluding hydrogens is 344 g/mol. The maximum Gasteiger partial charge on any atom is 0.332 e. The number of nitrogens with zero attached hydrogens (tertiary/aromatic N) is 1. The maximum atomic E-state index is 12.4. The largest absolute Gasteiger partial charge is 0.484 e. The summed E-state index contributed by atoms with van der Waals surface area (Å²) >= 11 is 1.44. The smallest absolute Gasteiger partial charge is 0.332 e. The van der Waals surface area contributed by atoms with Crippen LogP contribution < -0.4 is 10.1 Å². The van der Waals surface area contributed by atoms with E-state index in [1.165, 1.54) is 23.8 Å². The molecule has 2 heterocycles. The van der Waals surface area contributed by atoms with Crippen LogP contribution in [0.5, 0.6) is 5.75 Å². The summed E-state index contributed by atoms with van der Waals surface area (Å²) in [6.07, 6.45) is 1.70. The van der Waals surface area contributed by atoms with Crippen LogP contribution >= 0.6 is 11.8 Å². The van der Waals surface area contributed by atoms with Gasteiger partial charge in [0.1, 0.15) is 17.2 Å². The van der Waals surface area contributed by atoms with E-state index in [0.717, 1.165) is 4.91 Å². The van der Waals surface area contributed by atoms with Crippen LogP contribution in [0.2, 0.25) is 0 Å². The number of β-lactam (4-membered cyclic amide) rings is 1. The van der Waals surface area contributed by atoms with E-state index in [1.807, 2.05) is 13.0 Å². The molecule has 1 N–H and O–H groups in total. The van der Waals surface area contributed by atoms with Gasteiger partial charge >= 0.3 is 5.97 Å². The van der Waals surface area contributed by atoms with Crippen LogP contribution in [0.25, 0.3) is 0 Å². The Balaban J connectivity index is 1.59. The summed E-state index contributed by atoms with van der Waals surface area (Å²) in [4.78, 5) is 38.6. The molecule has 3 atom stereocenters. The number of hydrogen-bond donors (Lipinski definition) is 1. The van der Waals surface area contributed by atoms with Gasteiger partial charge in [0.05, 0.1) is 7.11 Å². The number of methoxy groups -OCH3 is 1. The molecule has 0 radical (unpaired) electrons. The summed E-state index contributed by atoms with van der Waals surface area (Å²) in [6.45, 7) is 1.68. The summed E-state index contributed by atoms with van der Waals surface area (Å²) in [6, 6.07) is 7.54. The number of ether oxygens (including phenoxy) is 2. The number of rotatable bonds is 5. The van der Waals surface area contributed by atoms with E-state index in [0.29, 0.717) is 5.75 Å². The first-order valence-electron chi connectivity index (χ1n) is 7.73. The van der Waals surface area contributed by atoms with Gasteiger partial charge in [0.25, 0.3) is 5.91 Å². The molecule has 0 aliphatic carbocycles. The molecule has 0 unspecified atom stereocenters. The summed E-state index contributed by atoms with van der Waals surface area (Å²) in [5.41, 5.74) is 0. The van der Waals surface area contributed by atoms with Crippen molar-refractivity contribution < 1.29 is 23.9 Å². The minimum Gasteiger partial charge on any atom is -0.484 e. The lowest BCUT2D eigenvalue weighted by atomic mass is 10.0. The Kier molecular flexibility index (Phi) is 4.98. The van der Waals surface area contributed by atoms with E-state index in [2.05, 4.69) is 5.32 Å². The molecule has 8 heteroatoms. The molecule has 0 bridgehead atoms. The average molecular weight is 362 g/mol. The first kappa shape index (κ1) is 17.3. The Morgan fingerprint density at radius 3 is 2.68 bits per heavy atom. The third-order valence-electron chi connectivity index (χ3n) is 3.95. The maximum absolute atomic E-state index is 12.4. The lowest BCUT2D eigenvalue weighted by Gasteiger charge is -2.51. The van der Waals surface area contributed by atoms with Gasteiger partial charge in [0.2, 0.25) is 5.91 Å². The van der Waals surface area contributed by atoms with Crippen LogP contribution in [0.1, 0.15) is 6.92 Å². The number of esters is 1. The van der Waals surface area contributed by atoms with Crippen molar-refractivity contribution in [3.05, 3.63) is 41.3 Å². The lowest BCUT2D eigenvalue weighted by molar-refractivity contribution is -0.161. The molecule has 3 rings (SSSR count). The first-order valence-corrected chi connectivity index (χ1v) is 8.61. The van der Waals surface area contributed by atoms with Crippen LogP contribution in [0, 0.1) is 0 Å². The van der Waals surface area contributed by atoms with E-state index in [1.54, 1.807) is 30.3 Å². The number of nitrogens with one attached hydrogen (secondary N) is 1. The molecule has 1 saturated heterocycles. The second-order valence-corrected chi connectivity index (χ2v) is 7.01. The predicted molar refractivity (Wildman–Crippen MR) is 91.7 cm³/mol. The lowest BCUT2D eigenvalue weighted by Crippen LogP contribution is -2.73. The fourth-order valence-corrected chi connectivity index (χ4v) is 4.01. The molecule has 132 valence electrons. The molecule has 1 aromatic rings. The Morgan fingerprint density at radius 2 is 2.00 bits per heavy atom. The van der Waals surface area contributed by atoms with Crippen molar-refractivity contribution in [2.45, 2.75) is 24.4 Å². The number of fused-ring (bicyclic) bond motifs is 1. The highest BCUT2D eigenvalue weighted by molar-refractivity contribution is 8.03. The Hall–Kier alpha value is -2.48. The van der Waals surface area contributed by atoms with Gasteiger partial charge in [-0.3, -0.25) is 9.59 Å². The molecule has 0 saturated carbocycles.